The highest BCUT2D eigenvalue weighted by atomic mass is 16.2. The van der Waals surface area contributed by atoms with E-state index in [1.807, 2.05) is 35.2 Å². The Labute approximate surface area is 174 Å². The Morgan fingerprint density at radius 3 is 2.24 bits per heavy atom. The first-order chi connectivity index (χ1) is 13.9. The molecule has 0 spiro atoms. The van der Waals surface area contributed by atoms with Crippen molar-refractivity contribution in [3.63, 3.8) is 0 Å². The van der Waals surface area contributed by atoms with Crippen LogP contribution in [0.25, 0.3) is 0 Å². The summed E-state index contributed by atoms with van der Waals surface area (Å²) in [5, 5.41) is 0. The number of hydrogen-bond acceptors (Lipinski definition) is 4. The van der Waals surface area contributed by atoms with Crippen molar-refractivity contribution in [3.8, 4) is 0 Å². The van der Waals surface area contributed by atoms with Crippen molar-refractivity contribution in [3.05, 3.63) is 54.1 Å². The summed E-state index contributed by atoms with van der Waals surface area (Å²) >= 11 is 0. The minimum absolute atomic E-state index is 0.136. The molecule has 0 unspecified atom stereocenters. The molecule has 2 aromatic carbocycles. The van der Waals surface area contributed by atoms with Gasteiger partial charge in [0.05, 0.1) is 0 Å². The molecule has 0 radical (unpaired) electrons. The standard InChI is InChI=1S/C18H27N3O.C6H7N/c1-12-10-15-11-17(20-8-6-16(19)7-9-20)4-5-18(15)21(13(12)2)14(3)22;7-6-4-2-1-3-5-6/h4-5,11-13,16H,6-10,19H2,1-3H3;1-5H,7H2/t12-,13+;/m1./s1. The number of para-hydroxylation sites is 1. The van der Waals surface area contributed by atoms with Gasteiger partial charge in [-0.25, -0.2) is 0 Å². The van der Waals surface area contributed by atoms with E-state index in [0.29, 0.717) is 12.0 Å². The van der Waals surface area contributed by atoms with Gasteiger partial charge in [0, 0.05) is 49.2 Å². The van der Waals surface area contributed by atoms with Gasteiger partial charge in [-0.05, 0) is 68.0 Å². The summed E-state index contributed by atoms with van der Waals surface area (Å²) in [5.41, 5.74) is 15.8. The van der Waals surface area contributed by atoms with E-state index in [0.717, 1.165) is 43.7 Å². The summed E-state index contributed by atoms with van der Waals surface area (Å²) in [4.78, 5) is 16.4. The lowest BCUT2D eigenvalue weighted by atomic mass is 9.87. The lowest BCUT2D eigenvalue weighted by Gasteiger charge is -2.40. The van der Waals surface area contributed by atoms with E-state index >= 15 is 0 Å². The quantitative estimate of drug-likeness (QED) is 0.721. The molecule has 2 atom stereocenters. The molecule has 4 rings (SSSR count). The topological polar surface area (TPSA) is 75.6 Å². The third-order valence-corrected chi connectivity index (χ3v) is 6.14. The van der Waals surface area contributed by atoms with E-state index in [1.165, 1.54) is 11.3 Å². The molecule has 1 amide bonds. The monoisotopic (exact) mass is 394 g/mol. The summed E-state index contributed by atoms with van der Waals surface area (Å²) in [6.07, 6.45) is 3.16. The molecule has 5 heteroatoms. The van der Waals surface area contributed by atoms with Crippen LogP contribution in [0.2, 0.25) is 0 Å². The first-order valence-corrected chi connectivity index (χ1v) is 10.6. The Bertz CT molecular complexity index is 815. The van der Waals surface area contributed by atoms with Gasteiger partial charge in [-0.15, -0.1) is 0 Å². The summed E-state index contributed by atoms with van der Waals surface area (Å²) in [6, 6.07) is 16.7. The van der Waals surface area contributed by atoms with Crippen molar-refractivity contribution >= 4 is 23.0 Å². The van der Waals surface area contributed by atoms with Crippen molar-refractivity contribution in [2.24, 2.45) is 11.7 Å². The zero-order chi connectivity index (χ0) is 21.0. The van der Waals surface area contributed by atoms with E-state index < -0.39 is 0 Å². The Morgan fingerprint density at radius 2 is 1.69 bits per heavy atom. The van der Waals surface area contributed by atoms with Crippen LogP contribution in [-0.2, 0) is 11.2 Å². The molecule has 2 heterocycles. The SMILES string of the molecule is CC(=O)N1c2ccc(N3CCC(N)CC3)cc2C[C@@H](C)[C@@H]1C.Nc1ccccc1. The molecule has 156 valence electrons. The largest absolute Gasteiger partial charge is 0.399 e. The summed E-state index contributed by atoms with van der Waals surface area (Å²) in [7, 11) is 0. The van der Waals surface area contributed by atoms with Crippen molar-refractivity contribution in [2.45, 2.75) is 52.1 Å². The Kier molecular flexibility index (Phi) is 6.80. The molecule has 0 bridgehead atoms. The molecule has 0 aromatic heterocycles. The number of hydrogen-bond donors (Lipinski definition) is 2. The van der Waals surface area contributed by atoms with Gasteiger partial charge in [-0.3, -0.25) is 4.79 Å². The maximum atomic E-state index is 12.0. The van der Waals surface area contributed by atoms with Crippen LogP contribution < -0.4 is 21.3 Å². The average molecular weight is 395 g/mol. The summed E-state index contributed by atoms with van der Waals surface area (Å²) in [6.45, 7) is 8.11. The highest BCUT2D eigenvalue weighted by Gasteiger charge is 2.31. The van der Waals surface area contributed by atoms with Crippen molar-refractivity contribution < 1.29 is 4.79 Å². The molecule has 0 saturated carbocycles. The van der Waals surface area contributed by atoms with Crippen LogP contribution in [0.3, 0.4) is 0 Å². The third-order valence-electron chi connectivity index (χ3n) is 6.14. The number of nitrogen functional groups attached to an aromatic ring is 1. The van der Waals surface area contributed by atoms with Crippen LogP contribution in [0.15, 0.2) is 48.5 Å². The van der Waals surface area contributed by atoms with Gasteiger partial charge in [-0.2, -0.15) is 0 Å². The molecular weight excluding hydrogens is 360 g/mol. The Balaban J connectivity index is 0.000000290. The maximum absolute atomic E-state index is 12.0. The number of benzene rings is 2. The first-order valence-electron chi connectivity index (χ1n) is 10.6. The van der Waals surface area contributed by atoms with E-state index in [2.05, 4.69) is 36.9 Å². The number of nitrogens with two attached hydrogens (primary N) is 2. The second-order valence-electron chi connectivity index (χ2n) is 8.36. The normalized spacial score (nSPS) is 21.8. The molecular formula is C24H34N4O. The molecule has 29 heavy (non-hydrogen) atoms. The minimum Gasteiger partial charge on any atom is -0.399 e. The lowest BCUT2D eigenvalue weighted by molar-refractivity contribution is -0.117. The molecule has 2 aromatic rings. The molecule has 4 N–H and O–H groups in total. The van der Waals surface area contributed by atoms with Crippen LogP contribution in [0.4, 0.5) is 17.1 Å². The highest BCUT2D eigenvalue weighted by molar-refractivity contribution is 5.94. The minimum atomic E-state index is 0.136. The first kappa shape index (κ1) is 21.2. The van der Waals surface area contributed by atoms with E-state index in [1.54, 1.807) is 6.92 Å². The van der Waals surface area contributed by atoms with Crippen LogP contribution >= 0.6 is 0 Å². The second kappa shape index (κ2) is 9.31. The van der Waals surface area contributed by atoms with E-state index in [9.17, 15) is 4.79 Å². The van der Waals surface area contributed by atoms with Crippen LogP contribution in [0.1, 0.15) is 39.2 Å². The molecule has 2 aliphatic heterocycles. The zero-order valence-electron chi connectivity index (χ0n) is 17.8. The van der Waals surface area contributed by atoms with Gasteiger partial charge < -0.3 is 21.3 Å². The van der Waals surface area contributed by atoms with E-state index in [4.69, 9.17) is 11.5 Å². The number of amides is 1. The fourth-order valence-electron chi connectivity index (χ4n) is 4.23. The van der Waals surface area contributed by atoms with Crippen LogP contribution in [0.5, 0.6) is 0 Å². The van der Waals surface area contributed by atoms with Gasteiger partial charge >= 0.3 is 0 Å². The second-order valence-corrected chi connectivity index (χ2v) is 8.36. The van der Waals surface area contributed by atoms with Gasteiger partial charge in [0.1, 0.15) is 0 Å². The van der Waals surface area contributed by atoms with Crippen molar-refractivity contribution in [2.75, 3.05) is 28.6 Å². The molecule has 1 saturated heterocycles. The average Bonchev–Trinajstić information content (AvgIpc) is 2.70. The van der Waals surface area contributed by atoms with Crippen molar-refractivity contribution in [1.82, 2.24) is 0 Å². The van der Waals surface area contributed by atoms with Crippen LogP contribution in [-0.4, -0.2) is 31.1 Å². The molecule has 5 nitrogen and oxygen atoms in total. The number of nitrogens with zero attached hydrogens (tertiary/aromatic N) is 2. The predicted molar refractivity (Wildman–Crippen MR) is 122 cm³/mol. The zero-order valence-corrected chi connectivity index (χ0v) is 17.8. The van der Waals surface area contributed by atoms with Gasteiger partial charge in [0.15, 0.2) is 0 Å². The molecule has 1 fully saturated rings. The number of carbonyl (C=O) groups excluding carboxylic acids is 1. The summed E-state index contributed by atoms with van der Waals surface area (Å²) < 4.78 is 0. The third kappa shape index (κ3) is 5.10. The Morgan fingerprint density at radius 1 is 1.03 bits per heavy atom. The van der Waals surface area contributed by atoms with Gasteiger partial charge in [-0.1, -0.05) is 25.1 Å². The highest BCUT2D eigenvalue weighted by Crippen LogP contribution is 2.36. The summed E-state index contributed by atoms with van der Waals surface area (Å²) in [5.74, 6) is 0.624. The van der Waals surface area contributed by atoms with Crippen LogP contribution in [0, 0.1) is 5.92 Å². The molecule has 0 aliphatic carbocycles. The lowest BCUT2D eigenvalue weighted by Crippen LogP contribution is -2.45. The van der Waals surface area contributed by atoms with Crippen molar-refractivity contribution in [1.29, 1.82) is 0 Å². The predicted octanol–water partition coefficient (Wildman–Crippen LogP) is 3.82. The molecule has 2 aliphatic rings. The fourth-order valence-corrected chi connectivity index (χ4v) is 4.23. The smallest absolute Gasteiger partial charge is 0.224 e. The Hall–Kier alpha value is -2.53. The maximum Gasteiger partial charge on any atom is 0.224 e. The number of anilines is 3. The number of carbonyl (C=O) groups is 1. The number of piperidine rings is 1. The van der Waals surface area contributed by atoms with Gasteiger partial charge in [0.25, 0.3) is 0 Å². The van der Waals surface area contributed by atoms with Gasteiger partial charge in [0.2, 0.25) is 5.91 Å². The number of rotatable bonds is 1. The fraction of sp³-hybridized carbons (Fsp3) is 0.458. The van der Waals surface area contributed by atoms with E-state index in [-0.39, 0.29) is 11.9 Å². The number of fused-ring (bicyclic) bond motifs is 1.